The van der Waals surface area contributed by atoms with Crippen molar-refractivity contribution < 1.29 is 9.90 Å². The number of benzene rings is 1. The van der Waals surface area contributed by atoms with Gasteiger partial charge in [0.1, 0.15) is 0 Å². The van der Waals surface area contributed by atoms with Gasteiger partial charge in [-0.3, -0.25) is 9.69 Å². The minimum absolute atomic E-state index is 0.145. The van der Waals surface area contributed by atoms with Crippen LogP contribution in [0.3, 0.4) is 0 Å². The maximum atomic E-state index is 11.2. The lowest BCUT2D eigenvalue weighted by atomic mass is 9.78. The summed E-state index contributed by atoms with van der Waals surface area (Å²) >= 11 is 0. The first-order chi connectivity index (χ1) is 9.59. The van der Waals surface area contributed by atoms with Crippen LogP contribution >= 0.6 is 0 Å². The average Bonchev–Trinajstić information content (AvgIpc) is 2.45. The molecule has 0 spiro atoms. The first-order valence-electron chi connectivity index (χ1n) is 7.62. The second-order valence-electron chi connectivity index (χ2n) is 6.03. The Kier molecular flexibility index (Phi) is 5.18. The van der Waals surface area contributed by atoms with Crippen LogP contribution in [0, 0.1) is 0 Å². The molecule has 1 saturated carbocycles. The predicted octanol–water partition coefficient (Wildman–Crippen LogP) is 3.51. The molecule has 3 nitrogen and oxygen atoms in total. The van der Waals surface area contributed by atoms with E-state index in [0.717, 1.165) is 12.8 Å². The van der Waals surface area contributed by atoms with Crippen LogP contribution in [0.2, 0.25) is 0 Å². The first-order valence-corrected chi connectivity index (χ1v) is 7.62. The third kappa shape index (κ3) is 3.60. The number of carboxylic acid groups (broad SMARTS) is 1. The monoisotopic (exact) mass is 275 g/mol. The van der Waals surface area contributed by atoms with Crippen molar-refractivity contribution in [1.82, 2.24) is 4.90 Å². The van der Waals surface area contributed by atoms with E-state index in [-0.39, 0.29) is 12.6 Å². The lowest BCUT2D eigenvalue weighted by Gasteiger charge is -2.41. The molecule has 1 fully saturated rings. The summed E-state index contributed by atoms with van der Waals surface area (Å²) in [4.78, 5) is 13.3. The second kappa shape index (κ2) is 6.89. The standard InChI is InChI=1S/C17H25NO2/c1-13(2)18(12-17(19)20)16-11-7-6-10-15(16)14-8-4-3-5-9-14/h3-5,8-9,13,15-16H,6-7,10-12H2,1-2H3,(H,19,20). The maximum absolute atomic E-state index is 11.2. The molecule has 20 heavy (non-hydrogen) atoms. The number of aliphatic carboxylic acids is 1. The van der Waals surface area contributed by atoms with Gasteiger partial charge in [0.15, 0.2) is 0 Å². The highest BCUT2D eigenvalue weighted by atomic mass is 16.4. The first kappa shape index (κ1) is 15.0. The largest absolute Gasteiger partial charge is 0.480 e. The molecule has 0 radical (unpaired) electrons. The van der Waals surface area contributed by atoms with Crippen LogP contribution in [-0.4, -0.2) is 34.6 Å². The van der Waals surface area contributed by atoms with Crippen molar-refractivity contribution in [3.05, 3.63) is 35.9 Å². The SMILES string of the molecule is CC(C)N(CC(=O)O)C1CCCCC1c1ccccc1. The third-order valence-corrected chi connectivity index (χ3v) is 4.36. The summed E-state index contributed by atoms with van der Waals surface area (Å²) in [7, 11) is 0. The molecule has 0 heterocycles. The lowest BCUT2D eigenvalue weighted by molar-refractivity contribution is -0.139. The smallest absolute Gasteiger partial charge is 0.317 e. The quantitative estimate of drug-likeness (QED) is 0.894. The molecule has 2 atom stereocenters. The van der Waals surface area contributed by atoms with Crippen LogP contribution in [-0.2, 0) is 4.79 Å². The number of hydrogen-bond acceptors (Lipinski definition) is 2. The van der Waals surface area contributed by atoms with Gasteiger partial charge < -0.3 is 5.11 Å². The van der Waals surface area contributed by atoms with Crippen molar-refractivity contribution in [2.75, 3.05) is 6.54 Å². The molecule has 1 aromatic rings. The van der Waals surface area contributed by atoms with E-state index in [9.17, 15) is 9.90 Å². The normalized spacial score (nSPS) is 23.2. The fourth-order valence-corrected chi connectivity index (χ4v) is 3.44. The molecule has 0 bridgehead atoms. The van der Waals surface area contributed by atoms with Crippen LogP contribution in [0.5, 0.6) is 0 Å². The van der Waals surface area contributed by atoms with Crippen molar-refractivity contribution in [2.24, 2.45) is 0 Å². The van der Waals surface area contributed by atoms with Gasteiger partial charge in [-0.05, 0) is 38.2 Å². The molecule has 1 N–H and O–H groups in total. The Hall–Kier alpha value is -1.35. The Morgan fingerprint density at radius 1 is 1.25 bits per heavy atom. The van der Waals surface area contributed by atoms with Gasteiger partial charge in [0.05, 0.1) is 6.54 Å². The zero-order chi connectivity index (χ0) is 14.5. The van der Waals surface area contributed by atoms with Crippen LogP contribution < -0.4 is 0 Å². The molecule has 2 rings (SSSR count). The topological polar surface area (TPSA) is 40.5 Å². The Morgan fingerprint density at radius 2 is 1.90 bits per heavy atom. The molecule has 3 heteroatoms. The second-order valence-corrected chi connectivity index (χ2v) is 6.03. The molecule has 0 aromatic heterocycles. The van der Waals surface area contributed by atoms with Crippen molar-refractivity contribution >= 4 is 5.97 Å². The van der Waals surface area contributed by atoms with Crippen molar-refractivity contribution in [1.29, 1.82) is 0 Å². The van der Waals surface area contributed by atoms with Gasteiger partial charge in [-0.25, -0.2) is 0 Å². The summed E-state index contributed by atoms with van der Waals surface area (Å²) in [6.45, 7) is 4.34. The number of nitrogens with zero attached hydrogens (tertiary/aromatic N) is 1. The molecule has 1 aromatic carbocycles. The van der Waals surface area contributed by atoms with E-state index in [1.54, 1.807) is 0 Å². The van der Waals surface area contributed by atoms with Crippen LogP contribution in [0.15, 0.2) is 30.3 Å². The molecule has 1 aliphatic rings. The van der Waals surface area contributed by atoms with Gasteiger partial charge in [0, 0.05) is 12.1 Å². The average molecular weight is 275 g/mol. The summed E-state index contributed by atoms with van der Waals surface area (Å²) in [6.07, 6.45) is 4.72. The Morgan fingerprint density at radius 3 is 2.50 bits per heavy atom. The summed E-state index contributed by atoms with van der Waals surface area (Å²) in [6, 6.07) is 11.2. The minimum atomic E-state index is -0.726. The highest BCUT2D eigenvalue weighted by Gasteiger charge is 2.33. The fraction of sp³-hybridized carbons (Fsp3) is 0.588. The Labute approximate surface area is 121 Å². The van der Waals surface area contributed by atoms with E-state index in [0.29, 0.717) is 12.0 Å². The van der Waals surface area contributed by atoms with Crippen molar-refractivity contribution in [3.63, 3.8) is 0 Å². The maximum Gasteiger partial charge on any atom is 0.317 e. The summed E-state index contributed by atoms with van der Waals surface area (Å²) in [5, 5.41) is 9.18. The summed E-state index contributed by atoms with van der Waals surface area (Å²) < 4.78 is 0. The zero-order valence-electron chi connectivity index (χ0n) is 12.5. The van der Waals surface area contributed by atoms with E-state index in [2.05, 4.69) is 43.0 Å². The number of rotatable bonds is 5. The van der Waals surface area contributed by atoms with Crippen molar-refractivity contribution in [2.45, 2.75) is 57.5 Å². The Bertz CT molecular complexity index is 430. The Balaban J connectivity index is 2.22. The molecule has 110 valence electrons. The molecule has 0 aliphatic heterocycles. The summed E-state index contributed by atoms with van der Waals surface area (Å²) in [5.41, 5.74) is 1.35. The van der Waals surface area contributed by atoms with Gasteiger partial charge in [-0.1, -0.05) is 43.2 Å². The van der Waals surface area contributed by atoms with Crippen LogP contribution in [0.1, 0.15) is 51.0 Å². The highest BCUT2D eigenvalue weighted by Crippen LogP contribution is 2.36. The third-order valence-electron chi connectivity index (χ3n) is 4.36. The predicted molar refractivity (Wildman–Crippen MR) is 80.9 cm³/mol. The van der Waals surface area contributed by atoms with E-state index in [1.807, 2.05) is 6.07 Å². The van der Waals surface area contributed by atoms with E-state index >= 15 is 0 Å². The zero-order valence-corrected chi connectivity index (χ0v) is 12.5. The van der Waals surface area contributed by atoms with E-state index < -0.39 is 5.97 Å². The molecular formula is C17H25NO2. The molecule has 1 aliphatic carbocycles. The van der Waals surface area contributed by atoms with Crippen molar-refractivity contribution in [3.8, 4) is 0 Å². The number of carboxylic acids is 1. The van der Waals surface area contributed by atoms with Gasteiger partial charge >= 0.3 is 5.97 Å². The van der Waals surface area contributed by atoms with Gasteiger partial charge in [0.25, 0.3) is 0 Å². The lowest BCUT2D eigenvalue weighted by Crippen LogP contribution is -2.47. The minimum Gasteiger partial charge on any atom is -0.480 e. The van der Waals surface area contributed by atoms with Crippen LogP contribution in [0.25, 0.3) is 0 Å². The fourth-order valence-electron chi connectivity index (χ4n) is 3.44. The molecular weight excluding hydrogens is 250 g/mol. The van der Waals surface area contributed by atoms with Crippen LogP contribution in [0.4, 0.5) is 0 Å². The molecule has 0 saturated heterocycles. The number of carbonyl (C=O) groups is 1. The van der Waals surface area contributed by atoms with E-state index in [4.69, 9.17) is 0 Å². The number of hydrogen-bond donors (Lipinski definition) is 1. The summed E-state index contributed by atoms with van der Waals surface area (Å²) in [5.74, 6) is -0.261. The van der Waals surface area contributed by atoms with Gasteiger partial charge in [-0.15, -0.1) is 0 Å². The molecule has 0 amide bonds. The molecule has 2 unspecified atom stereocenters. The van der Waals surface area contributed by atoms with Gasteiger partial charge in [-0.2, -0.15) is 0 Å². The highest BCUT2D eigenvalue weighted by molar-refractivity contribution is 5.69. The van der Waals surface area contributed by atoms with Gasteiger partial charge in [0.2, 0.25) is 0 Å². The van der Waals surface area contributed by atoms with E-state index in [1.165, 1.54) is 18.4 Å².